The highest BCUT2D eigenvalue weighted by Crippen LogP contribution is 2.38. The molecule has 2 unspecified atom stereocenters. The predicted octanol–water partition coefficient (Wildman–Crippen LogP) is 9.40. The number of anilines is 10. The van der Waals surface area contributed by atoms with Crippen molar-refractivity contribution in [3.05, 3.63) is 179 Å². The van der Waals surface area contributed by atoms with Crippen LogP contribution in [0.4, 0.5) is 70.8 Å². The van der Waals surface area contributed by atoms with E-state index in [1.807, 2.05) is 88.0 Å². The van der Waals surface area contributed by atoms with Crippen molar-refractivity contribution in [1.82, 2.24) is 65.5 Å². The lowest BCUT2D eigenvalue weighted by Crippen LogP contribution is -2.54. The molecule has 6 aliphatic rings. The molecule has 0 bridgehead atoms. The lowest BCUT2D eigenvalue weighted by molar-refractivity contribution is -0.173. The summed E-state index contributed by atoms with van der Waals surface area (Å²) in [5.74, 6) is -7.31. The van der Waals surface area contributed by atoms with Gasteiger partial charge >= 0.3 is 18.1 Å². The fraction of sp³-hybridized carbons (Fsp3) is 0.387. The number of benzene rings is 6. The molecule has 4 fully saturated rings. The Morgan fingerprint density at radius 1 is 0.504 bits per heavy atom. The third kappa shape index (κ3) is 27.4. The Bertz CT molecular complexity index is 6140. The van der Waals surface area contributed by atoms with E-state index in [2.05, 4.69) is 71.7 Å². The molecule has 8 heterocycles. The molecule has 0 spiro atoms. The van der Waals surface area contributed by atoms with Gasteiger partial charge in [0.1, 0.15) is 35.2 Å². The van der Waals surface area contributed by atoms with Crippen molar-refractivity contribution in [2.45, 2.75) is 155 Å². The Morgan fingerprint density at radius 2 is 0.912 bits per heavy atom. The lowest BCUT2D eigenvalue weighted by Gasteiger charge is -2.36. The fourth-order valence-corrected chi connectivity index (χ4v) is 18.6. The van der Waals surface area contributed by atoms with Crippen LogP contribution >= 0.6 is 0 Å². The van der Waals surface area contributed by atoms with E-state index >= 15 is 0 Å². The van der Waals surface area contributed by atoms with Crippen LogP contribution in [0.1, 0.15) is 160 Å². The van der Waals surface area contributed by atoms with Gasteiger partial charge in [-0.05, 0) is 175 Å². The number of hydrogen-bond donors (Lipinski definition) is 10. The summed E-state index contributed by atoms with van der Waals surface area (Å²) in [6.07, 6.45) is -0.671. The van der Waals surface area contributed by atoms with Gasteiger partial charge in [0.05, 0.1) is 37.8 Å². The molecule has 137 heavy (non-hydrogen) atoms. The van der Waals surface area contributed by atoms with Gasteiger partial charge in [0.15, 0.2) is 23.1 Å². The highest BCUT2D eigenvalue weighted by molar-refractivity contribution is 7.91. The second-order valence-electron chi connectivity index (χ2n) is 34.5. The van der Waals surface area contributed by atoms with Crippen molar-refractivity contribution in [3.8, 4) is 11.5 Å². The van der Waals surface area contributed by atoms with Gasteiger partial charge in [-0.2, -0.15) is 23.1 Å². The van der Waals surface area contributed by atoms with E-state index < -0.39 is 122 Å². The molecule has 14 rings (SSSR count). The second kappa shape index (κ2) is 44.7. The molecule has 39 nitrogen and oxygen atoms in total. The van der Waals surface area contributed by atoms with Crippen LogP contribution < -0.4 is 66.5 Å². The number of carbonyl (C=O) groups excluding carboxylic acids is 12. The van der Waals surface area contributed by atoms with Gasteiger partial charge in [-0.25, -0.2) is 36.3 Å². The van der Waals surface area contributed by atoms with Gasteiger partial charge in [-0.15, -0.1) is 0 Å². The minimum Gasteiger partial charge on any atom is -0.483 e. The molecule has 0 radical (unpaired) electrons. The highest BCUT2D eigenvalue weighted by atomic mass is 32.2. The SMILES string of the molecule is C.C.Cc1cnc(Nc2ccc(N3CCN(C(=O)CCCNC(=O)C(F)(F)F)CC3)cc2)nc1Nc1cccc(S(=O)(=O)CC(C)(C)C)c1.Cc1cnc(Nc2ccc(N3CCN(C(=O)CCCNC(=O)COc4cccc5c4C(=O)N(C4CCC(=O)NC4=O)C5=O)CC3)cc2)nc1Nc1cccc(S(=O)(=O)NC(C)(C)C)c1.O=C(O)COc1cccc2c1C(=O)N(C1CCC(=O)NC1=O)C2=O. The summed E-state index contributed by atoms with van der Waals surface area (Å²) in [5.41, 5.74) is 5.12. The summed E-state index contributed by atoms with van der Waals surface area (Å²) in [4.78, 5) is 186. The number of piperidine rings is 2. The monoisotopic (exact) mass is 1930 g/mol. The number of alkyl halides is 3. The van der Waals surface area contributed by atoms with E-state index in [1.165, 1.54) is 42.5 Å². The van der Waals surface area contributed by atoms with Crippen LogP contribution in [0, 0.1) is 19.3 Å². The van der Waals surface area contributed by atoms with E-state index in [-0.39, 0.29) is 139 Å². The summed E-state index contributed by atoms with van der Waals surface area (Å²) in [6.45, 7) is 18.1. The fourth-order valence-electron chi connectivity index (χ4n) is 15.2. The Balaban J connectivity index is 0.000000232. The third-order valence-corrected chi connectivity index (χ3v) is 25.7. The van der Waals surface area contributed by atoms with Crippen LogP contribution in [0.2, 0.25) is 0 Å². The van der Waals surface area contributed by atoms with Crippen molar-refractivity contribution < 1.29 is 107 Å². The summed E-state index contributed by atoms with van der Waals surface area (Å²) in [5, 5.41) is 30.3. The van der Waals surface area contributed by atoms with Crippen LogP contribution in [0.3, 0.4) is 0 Å². The predicted molar refractivity (Wildman–Crippen MR) is 500 cm³/mol. The number of nitrogens with one attached hydrogen (secondary N) is 9. The van der Waals surface area contributed by atoms with Gasteiger partial charge in [0.25, 0.3) is 29.5 Å². The first-order valence-electron chi connectivity index (χ1n) is 43.1. The number of sulfonamides is 1. The Hall–Kier alpha value is -14.6. The van der Waals surface area contributed by atoms with E-state index in [0.717, 1.165) is 43.7 Å². The van der Waals surface area contributed by atoms with E-state index in [4.69, 9.17) is 14.6 Å². The minimum atomic E-state index is -4.93. The van der Waals surface area contributed by atoms with Gasteiger partial charge in [0.2, 0.25) is 57.4 Å². The van der Waals surface area contributed by atoms with Crippen molar-refractivity contribution in [2.24, 2.45) is 5.41 Å². The molecule has 4 saturated heterocycles. The molecule has 6 aromatic carbocycles. The molecule has 44 heteroatoms. The molecule has 2 aromatic heterocycles. The quantitative estimate of drug-likeness (QED) is 0.0148. The number of piperazine rings is 2. The maximum Gasteiger partial charge on any atom is 0.471 e. The van der Waals surface area contributed by atoms with Crippen LogP contribution in [0.15, 0.2) is 156 Å². The topological polar surface area (TPSA) is 508 Å². The molecule has 730 valence electrons. The number of nitrogens with zero attached hydrogens (tertiary/aromatic N) is 10. The number of carbonyl (C=O) groups is 13. The number of aromatic nitrogens is 4. The zero-order valence-corrected chi connectivity index (χ0v) is 76.6. The first-order chi connectivity index (χ1) is 63.8. The second-order valence-corrected chi connectivity index (χ2v) is 38.2. The molecule has 6 aliphatic heterocycles. The number of carboxylic acids is 1. The zero-order chi connectivity index (χ0) is 97.6. The van der Waals surface area contributed by atoms with Gasteiger partial charge < -0.3 is 66.1 Å². The first-order valence-corrected chi connectivity index (χ1v) is 46.3. The lowest BCUT2D eigenvalue weighted by atomic mass is 10.0. The van der Waals surface area contributed by atoms with Crippen molar-refractivity contribution in [3.63, 3.8) is 0 Å². The normalized spacial score (nSPS) is 16.1. The summed E-state index contributed by atoms with van der Waals surface area (Å²) in [6, 6.07) is 35.1. The Labute approximate surface area is 789 Å². The summed E-state index contributed by atoms with van der Waals surface area (Å²) in [7, 11) is -7.20. The van der Waals surface area contributed by atoms with E-state index in [0.29, 0.717) is 93.7 Å². The standard InChI is InChI=1S/C44H50N10O9S.C32H40F3N7O4S.C15H12N2O7.2CH4/c1-27-25-46-43(50-39(27)47-29-8-5-9-31(24-29)64(61,62)51-44(2,3)4)48-28-13-15-30(16-14-28)52-20-22-53(23-21-52)37(57)12-7-19-45-36(56)26-63-34-11-6-10-32-38(34)42(60)54(41(32)59)33-17-18-35(55)49-40(33)58;1-22-20-37-30(40-28(22)38-24-7-5-8-26(19-24)47(45,46)21-31(2,3)4)39-23-10-12-25(13-11-23)41-15-17-42(18-16-41)27(43)9-6-14-36-29(44)32(33,34)35;18-10-5-4-8(13(21)16-10)17-14(22)7-2-1-3-9(12(7)15(17)23)24-6-11(19)20;;/h5-6,8-11,13-16,24-25,33,51H,7,12,17-23,26H2,1-4H3,(H,45,56)(H,49,55,58)(H2,46,47,48,50);5,7-8,10-13,19-20H,6,9,14-18,21H2,1-4H3,(H,36,44)(H2,37,38,39,40);1-3,8H,4-6H2,(H,19,20)(H,16,18,21);2*1H4. The Morgan fingerprint density at radius 3 is 1.32 bits per heavy atom. The number of fused-ring (bicyclic) bond motifs is 2. The van der Waals surface area contributed by atoms with Crippen LogP contribution in [-0.2, 0) is 63.0 Å². The first kappa shape index (κ1) is 105. The van der Waals surface area contributed by atoms with Crippen LogP contribution in [0.25, 0.3) is 0 Å². The molecule has 0 saturated carbocycles. The summed E-state index contributed by atoms with van der Waals surface area (Å²) < 4.78 is 102. The zero-order valence-electron chi connectivity index (χ0n) is 75.0. The van der Waals surface area contributed by atoms with E-state index in [1.54, 1.807) is 85.8 Å². The Kier molecular flexibility index (Phi) is 34.1. The van der Waals surface area contributed by atoms with E-state index in [9.17, 15) is 92.3 Å². The molecule has 0 aliphatic carbocycles. The number of rotatable bonds is 30. The van der Waals surface area contributed by atoms with Gasteiger partial charge in [0, 0.05) is 154 Å². The van der Waals surface area contributed by atoms with Crippen molar-refractivity contribution >= 4 is 154 Å². The third-order valence-electron chi connectivity index (χ3n) is 21.7. The smallest absolute Gasteiger partial charge is 0.471 e. The average molecular weight is 1940 g/mol. The average Bonchev–Trinajstić information content (AvgIpc) is 1.61. The number of sulfone groups is 1. The highest BCUT2D eigenvalue weighted by Gasteiger charge is 2.48. The number of imide groups is 4. The molecule has 10 N–H and O–H groups in total. The molecule has 2 atom stereocenters. The number of halogens is 3. The largest absolute Gasteiger partial charge is 0.483 e. The number of amides is 12. The van der Waals surface area contributed by atoms with Crippen molar-refractivity contribution in [2.75, 3.05) is 115 Å². The van der Waals surface area contributed by atoms with Gasteiger partial charge in [-0.3, -0.25) is 78.0 Å². The molecular formula is C93H110F3N19O20S2. The maximum absolute atomic E-state index is 13.3. The number of aryl methyl sites for hydroxylation is 2. The maximum atomic E-state index is 13.3. The van der Waals surface area contributed by atoms with Crippen molar-refractivity contribution in [1.29, 1.82) is 0 Å². The number of carboxylic acid groups (broad SMARTS) is 1. The van der Waals surface area contributed by atoms with Crippen LogP contribution in [0.5, 0.6) is 11.5 Å². The number of hydrogen-bond acceptors (Lipinski definition) is 29. The van der Waals surface area contributed by atoms with Gasteiger partial charge in [-0.1, -0.05) is 59.9 Å². The van der Waals surface area contributed by atoms with Crippen LogP contribution in [-0.4, -0.2) is 247 Å². The number of ether oxygens (including phenoxy) is 2. The molecular weight excluding hydrogens is 1820 g/mol. The number of aliphatic carboxylic acids is 1. The summed E-state index contributed by atoms with van der Waals surface area (Å²) >= 11 is 0. The minimum absolute atomic E-state index is 0. The molecule has 8 aromatic rings. The molecule has 12 amide bonds.